The van der Waals surface area contributed by atoms with Crippen molar-refractivity contribution in [2.45, 2.75) is 36.3 Å². The number of methoxy groups -OCH3 is 1. The normalized spacial score (nSPS) is 21.3. The van der Waals surface area contributed by atoms with Crippen LogP contribution in [-0.4, -0.2) is 42.0 Å². The first kappa shape index (κ1) is 21.4. The SMILES string of the molecule is COc1ccc(N2C(O)CC(CCNCCC(N)=O)c3ccccc3[S+]2[O-])cc1. The van der Waals surface area contributed by atoms with Crippen LogP contribution in [-0.2, 0) is 16.2 Å². The molecule has 3 atom stereocenters. The van der Waals surface area contributed by atoms with E-state index < -0.39 is 17.6 Å². The maximum atomic E-state index is 13.4. The third kappa shape index (κ3) is 5.22. The monoisotopic (exact) mass is 417 g/mol. The maximum absolute atomic E-state index is 13.4. The van der Waals surface area contributed by atoms with Gasteiger partial charge in [-0.3, -0.25) is 4.79 Å². The smallest absolute Gasteiger partial charge is 0.218 e. The highest BCUT2D eigenvalue weighted by molar-refractivity contribution is 7.93. The summed E-state index contributed by atoms with van der Waals surface area (Å²) >= 11 is -1.53. The zero-order chi connectivity index (χ0) is 20.8. The molecular weight excluding hydrogens is 390 g/mol. The van der Waals surface area contributed by atoms with Crippen LogP contribution in [0.15, 0.2) is 53.4 Å². The minimum Gasteiger partial charge on any atom is -0.588 e. The number of anilines is 1. The van der Waals surface area contributed by atoms with Crippen molar-refractivity contribution in [3.05, 3.63) is 54.1 Å². The van der Waals surface area contributed by atoms with Gasteiger partial charge in [0.05, 0.1) is 12.8 Å². The highest BCUT2D eigenvalue weighted by Crippen LogP contribution is 2.39. The molecule has 0 aromatic heterocycles. The Hall–Kier alpha value is -2.26. The summed E-state index contributed by atoms with van der Waals surface area (Å²) in [6, 6.07) is 14.8. The first-order valence-electron chi connectivity index (χ1n) is 9.62. The molecule has 3 unspecified atom stereocenters. The number of carbonyl (C=O) groups is 1. The Morgan fingerprint density at radius 3 is 2.69 bits per heavy atom. The van der Waals surface area contributed by atoms with Gasteiger partial charge in [-0.25, -0.2) is 0 Å². The van der Waals surface area contributed by atoms with Crippen LogP contribution in [0.1, 0.15) is 30.7 Å². The molecule has 0 saturated heterocycles. The topological polar surface area (TPSA) is 111 Å². The lowest BCUT2D eigenvalue weighted by molar-refractivity contribution is -0.117. The Morgan fingerprint density at radius 1 is 1.28 bits per heavy atom. The number of nitrogens with zero attached hydrogens (tertiary/aromatic N) is 1. The Kier molecular flexibility index (Phi) is 7.38. The fourth-order valence-corrected chi connectivity index (χ4v) is 5.02. The molecule has 0 saturated carbocycles. The van der Waals surface area contributed by atoms with Crippen LogP contribution in [0.25, 0.3) is 0 Å². The van der Waals surface area contributed by atoms with E-state index in [0.29, 0.717) is 42.3 Å². The molecule has 0 radical (unpaired) electrons. The van der Waals surface area contributed by atoms with E-state index in [0.717, 1.165) is 12.0 Å². The molecule has 4 N–H and O–H groups in total. The van der Waals surface area contributed by atoms with Gasteiger partial charge in [0.15, 0.2) is 11.1 Å². The summed E-state index contributed by atoms with van der Waals surface area (Å²) in [6.45, 7) is 1.20. The number of benzene rings is 2. The molecule has 0 fully saturated rings. The number of aliphatic hydroxyl groups is 1. The van der Waals surface area contributed by atoms with E-state index in [-0.39, 0.29) is 11.8 Å². The van der Waals surface area contributed by atoms with Crippen LogP contribution in [0.4, 0.5) is 5.69 Å². The molecule has 156 valence electrons. The predicted molar refractivity (Wildman–Crippen MR) is 113 cm³/mol. The molecule has 1 aliphatic heterocycles. The summed E-state index contributed by atoms with van der Waals surface area (Å²) in [5.41, 5.74) is 6.82. The molecular formula is C21H27N3O4S. The number of hydrogen-bond donors (Lipinski definition) is 3. The average molecular weight is 418 g/mol. The standard InChI is InChI=1S/C21H27N3O4S/c1-28-17-8-6-16(7-9-17)24-21(26)14-15(10-12-23-13-11-20(22)25)18-4-2-3-5-19(18)29(24)27/h2-9,15,21,23,26H,10-14H2,1H3,(H2,22,25). The molecule has 0 spiro atoms. The highest BCUT2D eigenvalue weighted by Gasteiger charge is 2.38. The summed E-state index contributed by atoms with van der Waals surface area (Å²) < 4.78 is 20.1. The van der Waals surface area contributed by atoms with E-state index in [1.165, 1.54) is 0 Å². The van der Waals surface area contributed by atoms with Crippen molar-refractivity contribution in [1.82, 2.24) is 5.32 Å². The number of fused-ring (bicyclic) bond motifs is 1. The summed E-state index contributed by atoms with van der Waals surface area (Å²) in [6.07, 6.45) is 0.596. The van der Waals surface area contributed by atoms with Crippen LogP contribution >= 0.6 is 0 Å². The van der Waals surface area contributed by atoms with Gasteiger partial charge >= 0.3 is 0 Å². The zero-order valence-corrected chi connectivity index (χ0v) is 17.2. The van der Waals surface area contributed by atoms with Gasteiger partial charge in [-0.05, 0) is 49.2 Å². The van der Waals surface area contributed by atoms with E-state index >= 15 is 0 Å². The number of nitrogens with one attached hydrogen (secondary N) is 1. The fourth-order valence-electron chi connectivity index (χ4n) is 3.55. The van der Waals surface area contributed by atoms with E-state index in [2.05, 4.69) is 5.32 Å². The third-order valence-electron chi connectivity index (χ3n) is 5.04. The van der Waals surface area contributed by atoms with Gasteiger partial charge in [-0.2, -0.15) is 4.31 Å². The molecule has 2 aromatic rings. The number of nitrogens with two attached hydrogens (primary N) is 1. The van der Waals surface area contributed by atoms with Gasteiger partial charge in [0.25, 0.3) is 0 Å². The van der Waals surface area contributed by atoms with Crippen LogP contribution in [0.3, 0.4) is 0 Å². The minimum atomic E-state index is -1.53. The number of aliphatic hydroxyl groups excluding tert-OH is 1. The summed E-state index contributed by atoms with van der Waals surface area (Å²) in [4.78, 5) is 11.6. The summed E-state index contributed by atoms with van der Waals surface area (Å²) in [7, 11) is 1.59. The third-order valence-corrected chi connectivity index (χ3v) is 6.60. The van der Waals surface area contributed by atoms with Gasteiger partial charge in [0.2, 0.25) is 5.91 Å². The lowest BCUT2D eigenvalue weighted by Gasteiger charge is -2.28. The largest absolute Gasteiger partial charge is 0.588 e. The second-order valence-corrected chi connectivity index (χ2v) is 8.31. The molecule has 7 nitrogen and oxygen atoms in total. The molecule has 1 amide bonds. The molecule has 3 rings (SSSR count). The fraction of sp³-hybridized carbons (Fsp3) is 0.381. The van der Waals surface area contributed by atoms with E-state index in [4.69, 9.17) is 10.5 Å². The van der Waals surface area contributed by atoms with Crippen molar-refractivity contribution in [2.75, 3.05) is 24.5 Å². The Bertz CT molecular complexity index is 818. The van der Waals surface area contributed by atoms with Crippen molar-refractivity contribution in [1.29, 1.82) is 0 Å². The van der Waals surface area contributed by atoms with Gasteiger partial charge in [0.1, 0.15) is 17.1 Å². The van der Waals surface area contributed by atoms with Crippen LogP contribution < -0.4 is 20.1 Å². The molecule has 1 aliphatic rings. The van der Waals surface area contributed by atoms with E-state index in [9.17, 15) is 14.5 Å². The Labute approximate surface area is 174 Å². The van der Waals surface area contributed by atoms with Gasteiger partial charge in [-0.1, -0.05) is 18.2 Å². The van der Waals surface area contributed by atoms with Crippen molar-refractivity contribution in [3.8, 4) is 5.75 Å². The second kappa shape index (κ2) is 9.98. The van der Waals surface area contributed by atoms with Crippen LogP contribution in [0, 0.1) is 0 Å². The molecule has 2 aromatic carbocycles. The Balaban J connectivity index is 1.80. The molecule has 29 heavy (non-hydrogen) atoms. The van der Waals surface area contributed by atoms with Crippen molar-refractivity contribution < 1.29 is 19.2 Å². The lowest BCUT2D eigenvalue weighted by atomic mass is 9.91. The number of ether oxygens (including phenoxy) is 1. The number of carbonyl (C=O) groups excluding carboxylic acids is 1. The van der Waals surface area contributed by atoms with Crippen LogP contribution in [0.5, 0.6) is 5.75 Å². The maximum Gasteiger partial charge on any atom is 0.218 e. The quantitative estimate of drug-likeness (QED) is 0.447. The number of hydrogen-bond acceptors (Lipinski definition) is 6. The minimum absolute atomic E-state index is 0.0366. The van der Waals surface area contributed by atoms with Crippen molar-refractivity contribution >= 4 is 23.0 Å². The number of amides is 1. The molecule has 0 bridgehead atoms. The Morgan fingerprint density at radius 2 is 2.00 bits per heavy atom. The summed E-state index contributed by atoms with van der Waals surface area (Å²) in [5.74, 6) is 0.400. The predicted octanol–water partition coefficient (Wildman–Crippen LogP) is 1.89. The number of primary amides is 1. The molecule has 8 heteroatoms. The van der Waals surface area contributed by atoms with E-state index in [1.807, 2.05) is 24.3 Å². The first-order valence-corrected chi connectivity index (χ1v) is 10.7. The summed E-state index contributed by atoms with van der Waals surface area (Å²) in [5, 5.41) is 14.1. The van der Waals surface area contributed by atoms with E-state index in [1.54, 1.807) is 35.7 Å². The van der Waals surface area contributed by atoms with Crippen molar-refractivity contribution in [3.63, 3.8) is 0 Å². The average Bonchev–Trinajstić information content (AvgIpc) is 2.82. The second-order valence-electron chi connectivity index (χ2n) is 6.98. The number of rotatable bonds is 8. The zero-order valence-electron chi connectivity index (χ0n) is 16.4. The molecule has 1 heterocycles. The van der Waals surface area contributed by atoms with Gasteiger partial charge < -0.3 is 25.4 Å². The van der Waals surface area contributed by atoms with Crippen molar-refractivity contribution in [2.24, 2.45) is 5.73 Å². The van der Waals surface area contributed by atoms with Gasteiger partial charge in [-0.15, -0.1) is 0 Å². The molecule has 0 aliphatic carbocycles. The highest BCUT2D eigenvalue weighted by atomic mass is 32.2. The lowest BCUT2D eigenvalue weighted by Crippen LogP contribution is -2.39. The van der Waals surface area contributed by atoms with Crippen LogP contribution in [0.2, 0.25) is 0 Å². The van der Waals surface area contributed by atoms with Gasteiger partial charge in [0, 0.05) is 24.9 Å². The first-order chi connectivity index (χ1) is 14.0.